The maximum absolute atomic E-state index is 5.41. The van der Waals surface area contributed by atoms with E-state index in [2.05, 4.69) is 38.2 Å². The highest BCUT2D eigenvalue weighted by Gasteiger charge is 2.09. The minimum atomic E-state index is 0.390. The molecule has 0 heterocycles. The number of benzene rings is 1. The fraction of sp³-hybridized carbons (Fsp3) is 0.571. The van der Waals surface area contributed by atoms with E-state index in [-0.39, 0.29) is 0 Å². The summed E-state index contributed by atoms with van der Waals surface area (Å²) in [6, 6.07) is 4.58. The molecule has 1 unspecified atom stereocenters. The van der Waals surface area contributed by atoms with E-state index in [4.69, 9.17) is 9.47 Å². The van der Waals surface area contributed by atoms with Crippen LogP contribution < -0.4 is 10.1 Å². The molecule has 3 heteroatoms. The van der Waals surface area contributed by atoms with Crippen molar-refractivity contribution in [3.63, 3.8) is 0 Å². The molecular weight excluding hydrogens is 214 g/mol. The van der Waals surface area contributed by atoms with Crippen molar-refractivity contribution >= 4 is 5.69 Å². The predicted molar refractivity (Wildman–Crippen MR) is 72.0 cm³/mol. The highest BCUT2D eigenvalue weighted by atomic mass is 16.5. The van der Waals surface area contributed by atoms with Gasteiger partial charge in [0.2, 0.25) is 0 Å². The number of hydrogen-bond acceptors (Lipinski definition) is 3. The first kappa shape index (κ1) is 13.8. The van der Waals surface area contributed by atoms with E-state index in [1.165, 1.54) is 5.56 Å². The first-order valence-electron chi connectivity index (χ1n) is 5.99. The normalized spacial score (nSPS) is 12.3. The average Bonchev–Trinajstić information content (AvgIpc) is 2.31. The van der Waals surface area contributed by atoms with Gasteiger partial charge in [0.05, 0.1) is 7.11 Å². The Labute approximate surface area is 104 Å². The fourth-order valence-corrected chi connectivity index (χ4v) is 1.93. The quantitative estimate of drug-likeness (QED) is 0.824. The summed E-state index contributed by atoms with van der Waals surface area (Å²) in [6.07, 6.45) is 0.992. The minimum absolute atomic E-state index is 0.390. The minimum Gasteiger partial charge on any atom is -0.496 e. The van der Waals surface area contributed by atoms with Crippen molar-refractivity contribution in [2.75, 3.05) is 26.1 Å². The third-order valence-corrected chi connectivity index (χ3v) is 2.96. The molecule has 0 bridgehead atoms. The Balaban J connectivity index is 2.78. The Bertz CT molecular complexity index is 363. The van der Waals surface area contributed by atoms with Gasteiger partial charge in [-0.15, -0.1) is 0 Å². The van der Waals surface area contributed by atoms with Crippen molar-refractivity contribution in [1.82, 2.24) is 0 Å². The summed E-state index contributed by atoms with van der Waals surface area (Å²) in [5.74, 6) is 0.967. The Morgan fingerprint density at radius 3 is 2.53 bits per heavy atom. The lowest BCUT2D eigenvalue weighted by Crippen LogP contribution is -2.18. The number of nitrogens with one attached hydrogen (secondary N) is 1. The van der Waals surface area contributed by atoms with E-state index in [0.717, 1.165) is 30.0 Å². The van der Waals surface area contributed by atoms with Gasteiger partial charge in [-0.1, -0.05) is 6.07 Å². The first-order chi connectivity index (χ1) is 8.10. The second kappa shape index (κ2) is 6.50. The lowest BCUT2D eigenvalue weighted by Gasteiger charge is -2.19. The number of ether oxygens (including phenoxy) is 2. The zero-order valence-electron chi connectivity index (χ0n) is 11.5. The van der Waals surface area contributed by atoms with Gasteiger partial charge in [0.25, 0.3) is 0 Å². The molecule has 0 saturated carbocycles. The molecule has 0 saturated heterocycles. The lowest BCUT2D eigenvalue weighted by molar-refractivity contribution is 0.191. The van der Waals surface area contributed by atoms with Crippen molar-refractivity contribution in [1.29, 1.82) is 0 Å². The summed E-state index contributed by atoms with van der Waals surface area (Å²) in [5, 5.41) is 3.49. The van der Waals surface area contributed by atoms with Crippen molar-refractivity contribution in [3.8, 4) is 5.75 Å². The molecule has 0 aromatic heterocycles. The van der Waals surface area contributed by atoms with Crippen LogP contribution in [0.5, 0.6) is 5.75 Å². The summed E-state index contributed by atoms with van der Waals surface area (Å²) >= 11 is 0. The lowest BCUT2D eigenvalue weighted by atomic mass is 10.1. The predicted octanol–water partition coefficient (Wildman–Crippen LogP) is 3.15. The van der Waals surface area contributed by atoms with Gasteiger partial charge in [0.15, 0.2) is 0 Å². The van der Waals surface area contributed by atoms with Crippen LogP contribution in [0.4, 0.5) is 5.69 Å². The molecule has 1 aromatic rings. The second-order valence-electron chi connectivity index (χ2n) is 4.42. The number of rotatable bonds is 6. The van der Waals surface area contributed by atoms with E-state index < -0.39 is 0 Å². The average molecular weight is 237 g/mol. The second-order valence-corrected chi connectivity index (χ2v) is 4.42. The van der Waals surface area contributed by atoms with Crippen LogP contribution >= 0.6 is 0 Å². The molecule has 0 spiro atoms. The number of hydrogen-bond donors (Lipinski definition) is 1. The van der Waals surface area contributed by atoms with Crippen molar-refractivity contribution < 1.29 is 9.47 Å². The van der Waals surface area contributed by atoms with Gasteiger partial charge in [-0.3, -0.25) is 0 Å². The van der Waals surface area contributed by atoms with Crippen molar-refractivity contribution in [2.24, 2.45) is 0 Å². The maximum Gasteiger partial charge on any atom is 0.126 e. The smallest absolute Gasteiger partial charge is 0.126 e. The van der Waals surface area contributed by atoms with Crippen molar-refractivity contribution in [2.45, 2.75) is 33.2 Å². The number of aryl methyl sites for hydroxylation is 1. The van der Waals surface area contributed by atoms with Crippen LogP contribution in [0, 0.1) is 13.8 Å². The monoisotopic (exact) mass is 237 g/mol. The molecule has 0 aliphatic heterocycles. The molecule has 0 amide bonds. The summed E-state index contributed by atoms with van der Waals surface area (Å²) in [5.41, 5.74) is 3.47. The van der Waals surface area contributed by atoms with Gasteiger partial charge in [0, 0.05) is 31.0 Å². The summed E-state index contributed by atoms with van der Waals surface area (Å²) in [6.45, 7) is 7.07. The van der Waals surface area contributed by atoms with Crippen molar-refractivity contribution in [3.05, 3.63) is 23.3 Å². The third-order valence-electron chi connectivity index (χ3n) is 2.96. The molecule has 17 heavy (non-hydrogen) atoms. The summed E-state index contributed by atoms with van der Waals surface area (Å²) < 4.78 is 10.5. The Morgan fingerprint density at radius 2 is 1.94 bits per heavy atom. The highest BCUT2D eigenvalue weighted by Crippen LogP contribution is 2.29. The van der Waals surface area contributed by atoms with E-state index in [1.54, 1.807) is 14.2 Å². The SMILES string of the molecule is COCCC(C)Nc1ccc(C)c(OC)c1C. The molecule has 96 valence electrons. The molecule has 0 aliphatic carbocycles. The first-order valence-corrected chi connectivity index (χ1v) is 5.99. The van der Waals surface area contributed by atoms with Gasteiger partial charge < -0.3 is 14.8 Å². The van der Waals surface area contributed by atoms with Crippen LogP contribution in [0.1, 0.15) is 24.5 Å². The molecular formula is C14H23NO2. The molecule has 1 aromatic carbocycles. The van der Waals surface area contributed by atoms with E-state index in [0.29, 0.717) is 6.04 Å². The van der Waals surface area contributed by atoms with Crippen LogP contribution in [-0.4, -0.2) is 26.9 Å². The van der Waals surface area contributed by atoms with E-state index in [9.17, 15) is 0 Å². The molecule has 3 nitrogen and oxygen atoms in total. The fourth-order valence-electron chi connectivity index (χ4n) is 1.93. The Morgan fingerprint density at radius 1 is 1.24 bits per heavy atom. The van der Waals surface area contributed by atoms with Crippen LogP contribution in [-0.2, 0) is 4.74 Å². The number of anilines is 1. The van der Waals surface area contributed by atoms with Crippen LogP contribution in [0.25, 0.3) is 0 Å². The summed E-state index contributed by atoms with van der Waals surface area (Å²) in [4.78, 5) is 0. The van der Waals surface area contributed by atoms with Gasteiger partial charge in [-0.2, -0.15) is 0 Å². The van der Waals surface area contributed by atoms with Crippen LogP contribution in [0.2, 0.25) is 0 Å². The Hall–Kier alpha value is -1.22. The maximum atomic E-state index is 5.41. The van der Waals surface area contributed by atoms with Crippen LogP contribution in [0.3, 0.4) is 0 Å². The molecule has 1 N–H and O–H groups in total. The van der Waals surface area contributed by atoms with Gasteiger partial charge in [-0.05, 0) is 38.8 Å². The summed E-state index contributed by atoms with van der Waals surface area (Å²) in [7, 11) is 3.44. The van der Waals surface area contributed by atoms with Gasteiger partial charge in [0.1, 0.15) is 5.75 Å². The van der Waals surface area contributed by atoms with Gasteiger partial charge >= 0.3 is 0 Å². The molecule has 0 fully saturated rings. The molecule has 1 rings (SSSR count). The van der Waals surface area contributed by atoms with E-state index in [1.807, 2.05) is 0 Å². The molecule has 0 aliphatic rings. The van der Waals surface area contributed by atoms with Gasteiger partial charge in [-0.25, -0.2) is 0 Å². The van der Waals surface area contributed by atoms with Crippen LogP contribution in [0.15, 0.2) is 12.1 Å². The topological polar surface area (TPSA) is 30.5 Å². The Kier molecular flexibility index (Phi) is 5.29. The third kappa shape index (κ3) is 3.63. The molecule has 0 radical (unpaired) electrons. The largest absolute Gasteiger partial charge is 0.496 e. The number of methoxy groups -OCH3 is 2. The zero-order valence-corrected chi connectivity index (χ0v) is 11.5. The standard InChI is InChI=1S/C14H23NO2/c1-10-6-7-13(12(3)14(10)17-5)15-11(2)8-9-16-4/h6-7,11,15H,8-9H2,1-5H3. The zero-order chi connectivity index (χ0) is 12.8. The highest BCUT2D eigenvalue weighted by molar-refractivity contribution is 5.59. The van der Waals surface area contributed by atoms with E-state index >= 15 is 0 Å². The molecule has 1 atom stereocenters.